The van der Waals surface area contributed by atoms with E-state index >= 15 is 0 Å². The lowest BCUT2D eigenvalue weighted by atomic mass is 10.2. The smallest absolute Gasteiger partial charge is 0.219 e. The molecule has 0 aromatic carbocycles. The summed E-state index contributed by atoms with van der Waals surface area (Å²) in [6, 6.07) is 5.75. The summed E-state index contributed by atoms with van der Waals surface area (Å²) in [6.07, 6.45) is 2.90. The number of carbonyl (C=O) groups is 1. The van der Waals surface area contributed by atoms with Gasteiger partial charge in [-0.2, -0.15) is 11.8 Å². The Bertz CT molecular complexity index is 490. The number of hydrogen-bond donors (Lipinski definition) is 1. The Balaban J connectivity index is 1.95. The van der Waals surface area contributed by atoms with Crippen LogP contribution in [0, 0.1) is 0 Å². The largest absolute Gasteiger partial charge is 0.358 e. The third-order valence-corrected chi connectivity index (χ3v) is 4.94. The zero-order valence-corrected chi connectivity index (χ0v) is 10.3. The van der Waals surface area contributed by atoms with Crippen molar-refractivity contribution in [2.75, 3.05) is 5.75 Å². The average Bonchev–Trinajstić information content (AvgIpc) is 2.97. The van der Waals surface area contributed by atoms with Crippen molar-refractivity contribution in [3.63, 3.8) is 0 Å². The summed E-state index contributed by atoms with van der Waals surface area (Å²) >= 11 is 3.61. The SMILES string of the molecule is O=C(c1ccc[nH]1)c1cc2c(s1)CCSC2. The molecular weight excluding hydrogens is 238 g/mol. The minimum Gasteiger partial charge on any atom is -0.358 e. The van der Waals surface area contributed by atoms with Crippen molar-refractivity contribution in [3.05, 3.63) is 45.4 Å². The molecule has 1 aliphatic heterocycles. The third-order valence-electron chi connectivity index (χ3n) is 2.69. The Labute approximate surface area is 102 Å². The molecule has 1 N–H and O–H groups in total. The molecule has 0 radical (unpaired) electrons. The van der Waals surface area contributed by atoms with E-state index < -0.39 is 0 Å². The molecule has 0 saturated carbocycles. The summed E-state index contributed by atoms with van der Waals surface area (Å²) < 4.78 is 0. The zero-order valence-electron chi connectivity index (χ0n) is 8.66. The average molecular weight is 249 g/mol. The highest BCUT2D eigenvalue weighted by Gasteiger charge is 2.18. The van der Waals surface area contributed by atoms with E-state index in [2.05, 4.69) is 11.1 Å². The van der Waals surface area contributed by atoms with Crippen LogP contribution in [0.25, 0.3) is 0 Å². The fraction of sp³-hybridized carbons (Fsp3) is 0.250. The van der Waals surface area contributed by atoms with Crippen molar-refractivity contribution in [2.45, 2.75) is 12.2 Å². The quantitative estimate of drug-likeness (QED) is 0.830. The topological polar surface area (TPSA) is 32.9 Å². The molecule has 16 heavy (non-hydrogen) atoms. The van der Waals surface area contributed by atoms with Gasteiger partial charge in [-0.1, -0.05) is 0 Å². The zero-order chi connectivity index (χ0) is 11.0. The van der Waals surface area contributed by atoms with Gasteiger partial charge in [0.2, 0.25) is 5.78 Å². The second kappa shape index (κ2) is 4.11. The van der Waals surface area contributed by atoms with Crippen LogP contribution in [0.2, 0.25) is 0 Å². The Kier molecular flexibility index (Phi) is 2.61. The number of carbonyl (C=O) groups excluding carboxylic acids is 1. The van der Waals surface area contributed by atoms with Gasteiger partial charge in [-0.05, 0) is 35.9 Å². The maximum atomic E-state index is 12.1. The molecule has 3 rings (SSSR count). The molecule has 0 unspecified atom stereocenters. The van der Waals surface area contributed by atoms with Gasteiger partial charge in [0.15, 0.2) is 0 Å². The fourth-order valence-electron chi connectivity index (χ4n) is 1.86. The van der Waals surface area contributed by atoms with Crippen LogP contribution in [0.3, 0.4) is 0 Å². The first-order valence-corrected chi connectivity index (χ1v) is 7.19. The molecule has 0 spiro atoms. The van der Waals surface area contributed by atoms with Gasteiger partial charge in [-0.15, -0.1) is 11.3 Å². The van der Waals surface area contributed by atoms with Gasteiger partial charge >= 0.3 is 0 Å². The lowest BCUT2D eigenvalue weighted by Crippen LogP contribution is -1.98. The Morgan fingerprint density at radius 1 is 1.44 bits per heavy atom. The third kappa shape index (κ3) is 1.72. The number of nitrogens with one attached hydrogen (secondary N) is 1. The first-order valence-electron chi connectivity index (χ1n) is 5.22. The van der Waals surface area contributed by atoms with Gasteiger partial charge in [-0.25, -0.2) is 0 Å². The Morgan fingerprint density at radius 3 is 3.12 bits per heavy atom. The Morgan fingerprint density at radius 2 is 2.38 bits per heavy atom. The number of aromatic nitrogens is 1. The lowest BCUT2D eigenvalue weighted by Gasteiger charge is -2.08. The number of fused-ring (bicyclic) bond motifs is 1. The maximum absolute atomic E-state index is 12.1. The van der Waals surface area contributed by atoms with Crippen LogP contribution >= 0.6 is 23.1 Å². The minimum atomic E-state index is 0.120. The number of ketones is 1. The summed E-state index contributed by atoms with van der Waals surface area (Å²) in [6.45, 7) is 0. The number of aryl methyl sites for hydroxylation is 1. The summed E-state index contributed by atoms with van der Waals surface area (Å²) in [5.41, 5.74) is 2.04. The van der Waals surface area contributed by atoms with Crippen LogP contribution in [-0.4, -0.2) is 16.5 Å². The van der Waals surface area contributed by atoms with Crippen molar-refractivity contribution in [2.24, 2.45) is 0 Å². The van der Waals surface area contributed by atoms with Gasteiger partial charge in [0.05, 0.1) is 10.6 Å². The molecule has 82 valence electrons. The van der Waals surface area contributed by atoms with E-state index in [1.165, 1.54) is 16.2 Å². The normalized spacial score (nSPS) is 14.8. The molecule has 2 aromatic heterocycles. The highest BCUT2D eigenvalue weighted by Crippen LogP contribution is 2.32. The number of rotatable bonds is 2. The predicted molar refractivity (Wildman–Crippen MR) is 68.4 cm³/mol. The predicted octanol–water partition coefficient (Wildman–Crippen LogP) is 3.10. The van der Waals surface area contributed by atoms with E-state index in [-0.39, 0.29) is 5.78 Å². The van der Waals surface area contributed by atoms with Crippen LogP contribution in [0.1, 0.15) is 25.8 Å². The summed E-state index contributed by atoms with van der Waals surface area (Å²) in [7, 11) is 0. The Hall–Kier alpha value is -1.000. The first-order chi connectivity index (χ1) is 7.84. The number of thioether (sulfide) groups is 1. The molecule has 0 atom stereocenters. The molecule has 0 bridgehead atoms. The van der Waals surface area contributed by atoms with Crippen LogP contribution in [0.15, 0.2) is 24.4 Å². The van der Waals surface area contributed by atoms with Crippen LogP contribution < -0.4 is 0 Å². The van der Waals surface area contributed by atoms with E-state index in [0.29, 0.717) is 5.69 Å². The van der Waals surface area contributed by atoms with Gasteiger partial charge in [0, 0.05) is 16.8 Å². The molecule has 2 aromatic rings. The van der Waals surface area contributed by atoms with Gasteiger partial charge < -0.3 is 4.98 Å². The summed E-state index contributed by atoms with van der Waals surface area (Å²) in [4.78, 5) is 17.3. The fourth-order valence-corrected chi connectivity index (χ4v) is 4.19. The molecule has 0 amide bonds. The van der Waals surface area contributed by atoms with Crippen LogP contribution in [0.5, 0.6) is 0 Å². The van der Waals surface area contributed by atoms with Gasteiger partial charge in [-0.3, -0.25) is 4.79 Å². The molecule has 1 aliphatic rings. The van der Waals surface area contributed by atoms with Crippen molar-refractivity contribution in [3.8, 4) is 0 Å². The van der Waals surface area contributed by atoms with Crippen molar-refractivity contribution in [1.82, 2.24) is 4.98 Å². The number of hydrogen-bond acceptors (Lipinski definition) is 3. The van der Waals surface area contributed by atoms with E-state index in [4.69, 9.17) is 0 Å². The summed E-state index contributed by atoms with van der Waals surface area (Å²) in [5.74, 6) is 2.36. The highest BCUT2D eigenvalue weighted by atomic mass is 32.2. The summed E-state index contributed by atoms with van der Waals surface area (Å²) in [5, 5.41) is 0. The van der Waals surface area contributed by atoms with Gasteiger partial charge in [0.25, 0.3) is 0 Å². The van der Waals surface area contributed by atoms with Crippen LogP contribution in [-0.2, 0) is 12.2 Å². The van der Waals surface area contributed by atoms with E-state index in [1.54, 1.807) is 17.5 Å². The minimum absolute atomic E-state index is 0.120. The van der Waals surface area contributed by atoms with Crippen molar-refractivity contribution >= 4 is 28.9 Å². The molecule has 2 nitrogen and oxygen atoms in total. The van der Waals surface area contributed by atoms with E-state index in [0.717, 1.165) is 17.1 Å². The molecule has 0 aliphatic carbocycles. The maximum Gasteiger partial charge on any atom is 0.219 e. The monoisotopic (exact) mass is 249 g/mol. The number of thiophene rings is 1. The highest BCUT2D eigenvalue weighted by molar-refractivity contribution is 7.98. The number of aromatic amines is 1. The molecule has 0 fully saturated rings. The molecule has 3 heterocycles. The standard InChI is InChI=1S/C12H11NOS2/c14-12(9-2-1-4-13-9)11-6-8-7-15-5-3-10(8)16-11/h1-2,4,6,13H,3,5,7H2. The molecular formula is C12H11NOS2. The van der Waals surface area contributed by atoms with E-state index in [1.807, 2.05) is 23.9 Å². The second-order valence-corrected chi connectivity index (χ2v) is 6.02. The van der Waals surface area contributed by atoms with E-state index in [9.17, 15) is 4.79 Å². The molecule has 0 saturated heterocycles. The lowest BCUT2D eigenvalue weighted by molar-refractivity contribution is 0.103. The molecule has 4 heteroatoms. The van der Waals surface area contributed by atoms with Crippen molar-refractivity contribution in [1.29, 1.82) is 0 Å². The number of H-pyrrole nitrogens is 1. The van der Waals surface area contributed by atoms with Crippen molar-refractivity contribution < 1.29 is 4.79 Å². The second-order valence-electron chi connectivity index (χ2n) is 3.77. The first kappa shape index (κ1) is 10.2. The van der Waals surface area contributed by atoms with Gasteiger partial charge in [0.1, 0.15) is 0 Å². The van der Waals surface area contributed by atoms with Crippen LogP contribution in [0.4, 0.5) is 0 Å².